The molecule has 2 rings (SSSR count). The van der Waals surface area contributed by atoms with Gasteiger partial charge < -0.3 is 5.73 Å². The zero-order valence-corrected chi connectivity index (χ0v) is 11.0. The van der Waals surface area contributed by atoms with E-state index in [4.69, 9.17) is 17.3 Å². The summed E-state index contributed by atoms with van der Waals surface area (Å²) in [6.45, 7) is 0. The van der Waals surface area contributed by atoms with Gasteiger partial charge in [-0.1, -0.05) is 22.2 Å². The van der Waals surface area contributed by atoms with Crippen LogP contribution in [0.25, 0.3) is 0 Å². The zero-order valence-electron chi connectivity index (χ0n) is 7.82. The Morgan fingerprint density at radius 1 is 1.50 bits per heavy atom. The van der Waals surface area contributed by atoms with E-state index in [1.165, 1.54) is 11.5 Å². The molecule has 1 aromatic heterocycles. The topological polar surface area (TPSA) is 51.8 Å². The van der Waals surface area contributed by atoms with Crippen molar-refractivity contribution < 1.29 is 4.39 Å². The summed E-state index contributed by atoms with van der Waals surface area (Å²) in [5.74, 6) is -0.531. The van der Waals surface area contributed by atoms with Crippen LogP contribution in [0.2, 0.25) is 5.02 Å². The maximum absolute atomic E-state index is 13.8. The lowest BCUT2D eigenvalue weighted by Crippen LogP contribution is -2.14. The summed E-state index contributed by atoms with van der Waals surface area (Å²) in [6, 6.07) is 2.58. The molecule has 0 aliphatic heterocycles. The van der Waals surface area contributed by atoms with E-state index in [9.17, 15) is 4.39 Å². The van der Waals surface area contributed by atoms with Gasteiger partial charge in [0.15, 0.2) is 0 Å². The molecular weight excluding hydrogens is 317 g/mol. The Hall–Kier alpha value is -0.560. The first-order valence-electron chi connectivity index (χ1n) is 4.27. The van der Waals surface area contributed by atoms with Crippen molar-refractivity contribution in [2.24, 2.45) is 5.73 Å². The van der Waals surface area contributed by atoms with E-state index in [2.05, 4.69) is 25.5 Å². The minimum atomic E-state index is -0.649. The van der Waals surface area contributed by atoms with E-state index in [0.29, 0.717) is 15.7 Å². The highest BCUT2D eigenvalue weighted by molar-refractivity contribution is 9.10. The standard InChI is InChI=1S/C9H6BrClFN3S/c10-5-2-1-4(8(12)7(5)11)9(13)6-3-16-15-14-6/h1-3,9H,13H2. The molecule has 0 bridgehead atoms. The lowest BCUT2D eigenvalue weighted by Gasteiger charge is -2.11. The van der Waals surface area contributed by atoms with E-state index in [1.54, 1.807) is 17.5 Å². The van der Waals surface area contributed by atoms with Gasteiger partial charge in [-0.3, -0.25) is 0 Å². The molecule has 1 atom stereocenters. The normalized spacial score (nSPS) is 12.8. The van der Waals surface area contributed by atoms with Gasteiger partial charge in [-0.05, 0) is 33.5 Å². The van der Waals surface area contributed by atoms with Gasteiger partial charge >= 0.3 is 0 Å². The zero-order chi connectivity index (χ0) is 11.7. The first-order valence-corrected chi connectivity index (χ1v) is 6.28. The van der Waals surface area contributed by atoms with Crippen molar-refractivity contribution in [1.29, 1.82) is 0 Å². The summed E-state index contributed by atoms with van der Waals surface area (Å²) in [5.41, 5.74) is 6.71. The maximum Gasteiger partial charge on any atom is 0.148 e. The average molecular weight is 323 g/mol. The molecule has 1 unspecified atom stereocenters. The fraction of sp³-hybridized carbons (Fsp3) is 0.111. The first kappa shape index (κ1) is 11.9. The monoisotopic (exact) mass is 321 g/mol. The molecule has 0 saturated heterocycles. The number of nitrogens with two attached hydrogens (primary N) is 1. The minimum Gasteiger partial charge on any atom is -0.319 e. The van der Waals surface area contributed by atoms with Crippen LogP contribution in [-0.4, -0.2) is 9.59 Å². The summed E-state index contributed by atoms with van der Waals surface area (Å²) >= 11 is 10.1. The van der Waals surface area contributed by atoms with E-state index >= 15 is 0 Å². The van der Waals surface area contributed by atoms with Crippen molar-refractivity contribution in [3.63, 3.8) is 0 Å². The van der Waals surface area contributed by atoms with Crippen LogP contribution in [0, 0.1) is 5.82 Å². The predicted octanol–water partition coefficient (Wildman–Crippen LogP) is 3.14. The van der Waals surface area contributed by atoms with Crippen molar-refractivity contribution in [3.8, 4) is 0 Å². The Labute approximate surface area is 109 Å². The van der Waals surface area contributed by atoms with Gasteiger partial charge in [0.25, 0.3) is 0 Å². The van der Waals surface area contributed by atoms with Gasteiger partial charge in [-0.25, -0.2) is 4.39 Å². The smallest absolute Gasteiger partial charge is 0.148 e. The van der Waals surface area contributed by atoms with Crippen LogP contribution in [0.5, 0.6) is 0 Å². The Bertz CT molecular complexity index is 506. The van der Waals surface area contributed by atoms with Crippen molar-refractivity contribution >= 4 is 39.1 Å². The summed E-state index contributed by atoms with van der Waals surface area (Å²) in [4.78, 5) is 0. The maximum atomic E-state index is 13.8. The number of aromatic nitrogens is 2. The molecule has 1 heterocycles. The molecule has 3 nitrogen and oxygen atoms in total. The number of benzene rings is 1. The molecule has 0 amide bonds. The van der Waals surface area contributed by atoms with Crippen molar-refractivity contribution in [2.45, 2.75) is 6.04 Å². The quantitative estimate of drug-likeness (QED) is 0.864. The second-order valence-corrected chi connectivity index (χ2v) is 4.91. The second-order valence-electron chi connectivity index (χ2n) is 3.07. The minimum absolute atomic E-state index is 0.0242. The van der Waals surface area contributed by atoms with Gasteiger partial charge in [0.1, 0.15) is 5.82 Å². The molecule has 16 heavy (non-hydrogen) atoms. The van der Waals surface area contributed by atoms with E-state index in [0.717, 1.165) is 0 Å². The lowest BCUT2D eigenvalue weighted by molar-refractivity contribution is 0.596. The molecular formula is C9H6BrClFN3S. The lowest BCUT2D eigenvalue weighted by atomic mass is 10.1. The highest BCUT2D eigenvalue weighted by Crippen LogP contribution is 2.31. The summed E-state index contributed by atoms with van der Waals surface area (Å²) in [6.07, 6.45) is 0. The molecule has 0 fully saturated rings. The summed E-state index contributed by atoms with van der Waals surface area (Å²) < 4.78 is 18.0. The Morgan fingerprint density at radius 2 is 2.25 bits per heavy atom. The number of hydrogen-bond acceptors (Lipinski definition) is 4. The summed E-state index contributed by atoms with van der Waals surface area (Å²) in [5, 5.41) is 5.51. The van der Waals surface area contributed by atoms with Gasteiger partial charge in [0.05, 0.1) is 16.8 Å². The Morgan fingerprint density at radius 3 is 2.88 bits per heavy atom. The highest BCUT2D eigenvalue weighted by Gasteiger charge is 2.19. The number of halogens is 3. The molecule has 2 aromatic rings. The van der Waals surface area contributed by atoms with E-state index < -0.39 is 11.9 Å². The van der Waals surface area contributed by atoms with E-state index in [-0.39, 0.29) is 5.02 Å². The molecule has 0 saturated carbocycles. The number of hydrogen-bond donors (Lipinski definition) is 1. The fourth-order valence-corrected chi connectivity index (χ4v) is 2.22. The van der Waals surface area contributed by atoms with Crippen LogP contribution >= 0.6 is 39.1 Å². The molecule has 2 N–H and O–H groups in total. The average Bonchev–Trinajstić information content (AvgIpc) is 2.79. The van der Waals surface area contributed by atoms with Crippen LogP contribution in [0.3, 0.4) is 0 Å². The van der Waals surface area contributed by atoms with Gasteiger partial charge in [0.2, 0.25) is 0 Å². The summed E-state index contributed by atoms with van der Waals surface area (Å²) in [7, 11) is 0. The van der Waals surface area contributed by atoms with Crippen LogP contribution in [0.15, 0.2) is 22.0 Å². The van der Waals surface area contributed by atoms with Gasteiger partial charge in [-0.2, -0.15) is 0 Å². The second kappa shape index (κ2) is 4.75. The first-order chi connectivity index (χ1) is 7.61. The van der Waals surface area contributed by atoms with Crippen molar-refractivity contribution in [1.82, 2.24) is 9.59 Å². The van der Waals surface area contributed by atoms with Crippen LogP contribution in [0.4, 0.5) is 4.39 Å². The molecule has 0 spiro atoms. The number of nitrogens with zero attached hydrogens (tertiary/aromatic N) is 2. The van der Waals surface area contributed by atoms with E-state index in [1.807, 2.05) is 0 Å². The fourth-order valence-electron chi connectivity index (χ4n) is 1.25. The molecule has 0 aliphatic carbocycles. The third kappa shape index (κ3) is 2.10. The Kier molecular flexibility index (Phi) is 3.53. The van der Waals surface area contributed by atoms with Gasteiger partial charge in [-0.15, -0.1) is 5.10 Å². The predicted molar refractivity (Wildman–Crippen MR) is 65.0 cm³/mol. The molecule has 84 valence electrons. The molecule has 1 aromatic carbocycles. The van der Waals surface area contributed by atoms with Crippen molar-refractivity contribution in [3.05, 3.63) is 44.1 Å². The third-order valence-corrected chi connectivity index (χ3v) is 3.88. The molecule has 0 aliphatic rings. The Balaban J connectivity index is 2.45. The largest absolute Gasteiger partial charge is 0.319 e. The third-order valence-electron chi connectivity index (χ3n) is 2.10. The van der Waals surface area contributed by atoms with Crippen LogP contribution in [0.1, 0.15) is 17.3 Å². The van der Waals surface area contributed by atoms with Crippen molar-refractivity contribution in [2.75, 3.05) is 0 Å². The number of rotatable bonds is 2. The SMILES string of the molecule is NC(c1csnn1)c1ccc(Br)c(Cl)c1F. The van der Waals surface area contributed by atoms with Gasteiger partial charge in [0, 0.05) is 15.4 Å². The molecule has 0 radical (unpaired) electrons. The highest BCUT2D eigenvalue weighted by atomic mass is 79.9. The molecule has 7 heteroatoms. The van der Waals surface area contributed by atoms with Crippen LogP contribution in [-0.2, 0) is 0 Å². The van der Waals surface area contributed by atoms with Crippen LogP contribution < -0.4 is 5.73 Å².